The van der Waals surface area contributed by atoms with Gasteiger partial charge in [0.15, 0.2) is 6.61 Å². The Hall–Kier alpha value is -2.95. The van der Waals surface area contributed by atoms with Gasteiger partial charge in [-0.05, 0) is 37.1 Å². The number of ether oxygens (including phenoxy) is 1. The number of ketones is 1. The maximum absolute atomic E-state index is 12.5. The second-order valence-corrected chi connectivity index (χ2v) is 5.51. The van der Waals surface area contributed by atoms with Crippen LogP contribution in [0.4, 0.5) is 0 Å². The van der Waals surface area contributed by atoms with Crippen molar-refractivity contribution >= 4 is 22.7 Å². The molecule has 1 N–H and O–H groups in total. The number of rotatable bonds is 5. The summed E-state index contributed by atoms with van der Waals surface area (Å²) in [5.74, 6) is -0.777. The molecule has 0 bridgehead atoms. The SMILES string of the molecule is CCc1nc2ccccc2c(C)c1C(=O)OCC(=O)c1ccc[nH]1. The third-order valence-corrected chi connectivity index (χ3v) is 4.00. The molecule has 0 aliphatic rings. The Bertz CT molecular complexity index is 898. The van der Waals surface area contributed by atoms with Crippen LogP contribution in [0.1, 0.15) is 39.0 Å². The summed E-state index contributed by atoms with van der Waals surface area (Å²) in [6, 6.07) is 11.1. The van der Waals surface area contributed by atoms with E-state index >= 15 is 0 Å². The summed E-state index contributed by atoms with van der Waals surface area (Å²) in [5, 5.41) is 0.914. The molecule has 0 atom stereocenters. The van der Waals surface area contributed by atoms with E-state index in [1.807, 2.05) is 38.1 Å². The Kier molecular flexibility index (Phi) is 4.42. The highest BCUT2D eigenvalue weighted by Gasteiger charge is 2.20. The normalized spacial score (nSPS) is 10.8. The number of hydrogen-bond acceptors (Lipinski definition) is 4. The minimum Gasteiger partial charge on any atom is -0.454 e. The lowest BCUT2D eigenvalue weighted by Crippen LogP contribution is -2.17. The number of carbonyl (C=O) groups is 2. The molecular weight excluding hydrogens is 304 g/mol. The van der Waals surface area contributed by atoms with Crippen LogP contribution in [0, 0.1) is 6.92 Å². The number of nitrogens with one attached hydrogen (secondary N) is 1. The van der Waals surface area contributed by atoms with Gasteiger partial charge in [-0.15, -0.1) is 0 Å². The molecule has 0 spiro atoms. The van der Waals surface area contributed by atoms with Crippen LogP contribution >= 0.6 is 0 Å². The summed E-state index contributed by atoms with van der Waals surface area (Å²) in [5.41, 5.74) is 3.24. The first-order valence-electron chi connectivity index (χ1n) is 7.83. The zero-order chi connectivity index (χ0) is 17.1. The van der Waals surface area contributed by atoms with Crippen LogP contribution in [-0.2, 0) is 11.2 Å². The third-order valence-electron chi connectivity index (χ3n) is 4.00. The van der Waals surface area contributed by atoms with Crippen LogP contribution in [0.5, 0.6) is 0 Å². The lowest BCUT2D eigenvalue weighted by atomic mass is 10.0. The lowest BCUT2D eigenvalue weighted by molar-refractivity contribution is 0.0471. The highest BCUT2D eigenvalue weighted by molar-refractivity contribution is 6.01. The number of benzene rings is 1. The summed E-state index contributed by atoms with van der Waals surface area (Å²) < 4.78 is 5.24. The van der Waals surface area contributed by atoms with Crippen molar-refractivity contribution in [1.82, 2.24) is 9.97 Å². The summed E-state index contributed by atoms with van der Waals surface area (Å²) in [4.78, 5) is 31.9. The van der Waals surface area contributed by atoms with Gasteiger partial charge in [-0.3, -0.25) is 9.78 Å². The zero-order valence-electron chi connectivity index (χ0n) is 13.6. The molecular formula is C19H18N2O3. The number of esters is 1. The van der Waals surface area contributed by atoms with Crippen molar-refractivity contribution in [2.75, 3.05) is 6.61 Å². The van der Waals surface area contributed by atoms with Crippen molar-refractivity contribution in [3.63, 3.8) is 0 Å². The van der Waals surface area contributed by atoms with E-state index in [-0.39, 0.29) is 12.4 Å². The molecule has 5 nitrogen and oxygen atoms in total. The van der Waals surface area contributed by atoms with E-state index in [0.29, 0.717) is 23.4 Å². The summed E-state index contributed by atoms with van der Waals surface area (Å²) >= 11 is 0. The highest BCUT2D eigenvalue weighted by atomic mass is 16.5. The van der Waals surface area contributed by atoms with Crippen LogP contribution in [0.15, 0.2) is 42.6 Å². The molecule has 0 aliphatic heterocycles. The summed E-state index contributed by atoms with van der Waals surface area (Å²) in [6.45, 7) is 3.53. The molecule has 3 aromatic rings. The van der Waals surface area contributed by atoms with E-state index in [1.165, 1.54) is 0 Å². The first-order valence-corrected chi connectivity index (χ1v) is 7.83. The second-order valence-electron chi connectivity index (χ2n) is 5.51. The van der Waals surface area contributed by atoms with Gasteiger partial charge < -0.3 is 9.72 Å². The molecule has 2 aromatic heterocycles. The standard InChI is InChI=1S/C19H18N2O3/c1-3-14-18(12(2)13-7-4-5-8-15(13)21-14)19(23)24-11-17(22)16-9-6-10-20-16/h4-10,20H,3,11H2,1-2H3. The average molecular weight is 322 g/mol. The Balaban J connectivity index is 1.89. The van der Waals surface area contributed by atoms with E-state index in [9.17, 15) is 9.59 Å². The van der Waals surface area contributed by atoms with E-state index in [0.717, 1.165) is 16.5 Å². The van der Waals surface area contributed by atoms with Crippen LogP contribution in [-0.4, -0.2) is 28.3 Å². The lowest BCUT2D eigenvalue weighted by Gasteiger charge is -2.13. The molecule has 0 aliphatic carbocycles. The van der Waals surface area contributed by atoms with Gasteiger partial charge >= 0.3 is 5.97 Å². The van der Waals surface area contributed by atoms with Crippen molar-refractivity contribution in [3.8, 4) is 0 Å². The van der Waals surface area contributed by atoms with Crippen LogP contribution < -0.4 is 0 Å². The monoisotopic (exact) mass is 322 g/mol. The molecule has 0 saturated carbocycles. The van der Waals surface area contributed by atoms with Gasteiger partial charge in [0.25, 0.3) is 0 Å². The zero-order valence-corrected chi connectivity index (χ0v) is 13.6. The third kappa shape index (κ3) is 2.93. The number of aromatic nitrogens is 2. The number of nitrogens with zero attached hydrogens (tertiary/aromatic N) is 1. The van der Waals surface area contributed by atoms with Gasteiger partial charge in [0.1, 0.15) is 0 Å². The minimum absolute atomic E-state index is 0.266. The second kappa shape index (κ2) is 6.66. The van der Waals surface area contributed by atoms with Crippen molar-refractivity contribution in [2.24, 2.45) is 0 Å². The first kappa shape index (κ1) is 15.9. The quantitative estimate of drug-likeness (QED) is 0.576. The molecule has 2 heterocycles. The van der Waals surface area contributed by atoms with Crippen LogP contribution in [0.25, 0.3) is 10.9 Å². The van der Waals surface area contributed by atoms with Crippen LogP contribution in [0.3, 0.4) is 0 Å². The van der Waals surface area contributed by atoms with E-state index < -0.39 is 5.97 Å². The molecule has 3 rings (SSSR count). The van der Waals surface area contributed by atoms with Crippen molar-refractivity contribution in [2.45, 2.75) is 20.3 Å². The molecule has 0 radical (unpaired) electrons. The molecule has 0 fully saturated rings. The fourth-order valence-corrected chi connectivity index (χ4v) is 2.75. The van der Waals surface area contributed by atoms with E-state index in [2.05, 4.69) is 9.97 Å². The number of aryl methyl sites for hydroxylation is 2. The van der Waals surface area contributed by atoms with Gasteiger partial charge in [-0.2, -0.15) is 0 Å². The van der Waals surface area contributed by atoms with Gasteiger partial charge in [0, 0.05) is 11.6 Å². The Morgan fingerprint density at radius 2 is 1.96 bits per heavy atom. The molecule has 0 amide bonds. The van der Waals surface area contributed by atoms with Crippen molar-refractivity contribution in [1.29, 1.82) is 0 Å². The number of aromatic amines is 1. The molecule has 0 saturated heterocycles. The molecule has 122 valence electrons. The number of hydrogen-bond donors (Lipinski definition) is 1. The Morgan fingerprint density at radius 3 is 2.67 bits per heavy atom. The van der Waals surface area contributed by atoms with Crippen molar-refractivity contribution in [3.05, 3.63) is 65.1 Å². The Morgan fingerprint density at radius 1 is 1.17 bits per heavy atom. The number of Topliss-reactive ketones (excluding diaryl/α,β-unsaturated/α-hetero) is 1. The summed E-state index contributed by atoms with van der Waals surface area (Å²) in [6.07, 6.45) is 2.27. The number of H-pyrrole nitrogens is 1. The van der Waals surface area contributed by atoms with Gasteiger partial charge in [-0.1, -0.05) is 25.1 Å². The van der Waals surface area contributed by atoms with Gasteiger partial charge in [0.05, 0.1) is 22.5 Å². The predicted molar refractivity (Wildman–Crippen MR) is 91.3 cm³/mol. The number of carbonyl (C=O) groups excluding carboxylic acids is 2. The molecule has 1 aromatic carbocycles. The fraction of sp³-hybridized carbons (Fsp3) is 0.211. The smallest absolute Gasteiger partial charge is 0.340 e. The first-order chi connectivity index (χ1) is 11.6. The van der Waals surface area contributed by atoms with E-state index in [4.69, 9.17) is 4.74 Å². The fourth-order valence-electron chi connectivity index (χ4n) is 2.75. The summed E-state index contributed by atoms with van der Waals surface area (Å²) in [7, 11) is 0. The number of pyridine rings is 1. The average Bonchev–Trinajstić information content (AvgIpc) is 3.14. The number of fused-ring (bicyclic) bond motifs is 1. The van der Waals surface area contributed by atoms with Gasteiger partial charge in [-0.25, -0.2) is 4.79 Å². The predicted octanol–water partition coefficient (Wildman–Crippen LogP) is 3.47. The number of para-hydroxylation sites is 1. The largest absolute Gasteiger partial charge is 0.454 e. The van der Waals surface area contributed by atoms with Gasteiger partial charge in [0.2, 0.25) is 5.78 Å². The van der Waals surface area contributed by atoms with Crippen LogP contribution in [0.2, 0.25) is 0 Å². The molecule has 0 unspecified atom stereocenters. The maximum Gasteiger partial charge on any atom is 0.340 e. The Labute approximate surface area is 139 Å². The minimum atomic E-state index is -0.512. The molecule has 24 heavy (non-hydrogen) atoms. The molecule has 5 heteroatoms. The van der Waals surface area contributed by atoms with E-state index in [1.54, 1.807) is 18.3 Å². The van der Waals surface area contributed by atoms with Crippen molar-refractivity contribution < 1.29 is 14.3 Å². The highest BCUT2D eigenvalue weighted by Crippen LogP contribution is 2.24. The topological polar surface area (TPSA) is 72.0 Å². The maximum atomic E-state index is 12.5.